The summed E-state index contributed by atoms with van der Waals surface area (Å²) in [7, 11) is 0. The molecule has 27 heavy (non-hydrogen) atoms. The van der Waals surface area contributed by atoms with Crippen LogP contribution in [0.3, 0.4) is 0 Å². The number of nitrogens with zero attached hydrogens (tertiary/aromatic N) is 2. The Hall–Kier alpha value is -2.13. The molecule has 3 heteroatoms. The number of hydrogen-bond acceptors (Lipinski definition) is 0. The van der Waals surface area contributed by atoms with Gasteiger partial charge in [0.2, 0.25) is 0 Å². The summed E-state index contributed by atoms with van der Waals surface area (Å²) in [6, 6.07) is 21.9. The molecule has 0 unspecified atom stereocenters. The molecule has 140 valence electrons. The van der Waals surface area contributed by atoms with Gasteiger partial charge in [-0.3, -0.25) is 0 Å². The average molecular weight is 423 g/mol. The predicted octanol–water partition coefficient (Wildman–Crippen LogP) is 2.52. The highest BCUT2D eigenvalue weighted by Crippen LogP contribution is 2.28. The smallest absolute Gasteiger partial charge is 0.193 e. The molecule has 0 aliphatic carbocycles. The van der Waals surface area contributed by atoms with Crippen LogP contribution in [0, 0.1) is 0 Å². The summed E-state index contributed by atoms with van der Waals surface area (Å²) in [4.78, 5) is 0. The van der Waals surface area contributed by atoms with Crippen molar-refractivity contribution in [2.75, 3.05) is 0 Å². The number of hydrogen-bond donors (Lipinski definition) is 0. The van der Waals surface area contributed by atoms with E-state index in [1.54, 1.807) is 0 Å². The van der Waals surface area contributed by atoms with Gasteiger partial charge in [-0.15, -0.1) is 0 Å². The Labute approximate surface area is 172 Å². The van der Waals surface area contributed by atoms with Crippen molar-refractivity contribution in [1.82, 2.24) is 4.57 Å². The minimum Gasteiger partial charge on any atom is -1.00 e. The van der Waals surface area contributed by atoms with Gasteiger partial charge in [-0.25, -0.2) is 4.57 Å². The summed E-state index contributed by atoms with van der Waals surface area (Å²) < 4.78 is 4.86. The van der Waals surface area contributed by atoms with Crippen LogP contribution < -0.4 is 21.5 Å². The van der Waals surface area contributed by atoms with Crippen LogP contribution >= 0.6 is 0 Å². The van der Waals surface area contributed by atoms with E-state index >= 15 is 0 Å². The van der Waals surface area contributed by atoms with E-state index in [0.29, 0.717) is 0 Å². The van der Waals surface area contributed by atoms with Crippen molar-refractivity contribution in [3.05, 3.63) is 78.6 Å². The average Bonchev–Trinajstić information content (AvgIpc) is 3.01. The van der Waals surface area contributed by atoms with Gasteiger partial charge >= 0.3 is 0 Å². The van der Waals surface area contributed by atoms with Crippen LogP contribution in [-0.2, 0) is 19.5 Å². The van der Waals surface area contributed by atoms with Gasteiger partial charge in [-0.2, -0.15) is 0 Å². The van der Waals surface area contributed by atoms with E-state index in [4.69, 9.17) is 0 Å². The highest BCUT2D eigenvalue weighted by atomic mass is 79.9. The molecule has 2 nitrogen and oxygen atoms in total. The minimum absolute atomic E-state index is 0. The van der Waals surface area contributed by atoms with Crippen molar-refractivity contribution in [3.63, 3.8) is 0 Å². The van der Waals surface area contributed by atoms with E-state index in [-0.39, 0.29) is 17.0 Å². The Balaban J connectivity index is 0.00000210. The van der Waals surface area contributed by atoms with Crippen LogP contribution in [0.4, 0.5) is 0 Å². The Kier molecular flexibility index (Phi) is 6.68. The monoisotopic (exact) mass is 422 g/mol. The number of unbranched alkanes of at least 4 members (excludes halogenated alkanes) is 1. The highest BCUT2D eigenvalue weighted by molar-refractivity contribution is 6.07. The largest absolute Gasteiger partial charge is 1.00 e. The lowest BCUT2D eigenvalue weighted by Gasteiger charge is -2.07. The Morgan fingerprint density at radius 3 is 2.37 bits per heavy atom. The normalized spacial score (nSPS) is 11.0. The number of halogens is 1. The molecule has 0 radical (unpaired) electrons. The summed E-state index contributed by atoms with van der Waals surface area (Å²) in [6.07, 6.45) is 9.31. The first-order valence-electron chi connectivity index (χ1n) is 9.81. The van der Waals surface area contributed by atoms with Crippen molar-refractivity contribution >= 4 is 21.8 Å². The highest BCUT2D eigenvalue weighted by Gasteiger charge is 2.13. The second-order valence-corrected chi connectivity index (χ2v) is 7.09. The molecule has 4 rings (SSSR count). The van der Waals surface area contributed by atoms with E-state index in [1.165, 1.54) is 40.2 Å². The maximum absolute atomic E-state index is 2.51. The van der Waals surface area contributed by atoms with Gasteiger partial charge in [0.25, 0.3) is 0 Å². The Bertz CT molecular complexity index is 1000. The third kappa shape index (κ3) is 4.24. The van der Waals surface area contributed by atoms with Gasteiger partial charge < -0.3 is 21.5 Å². The van der Waals surface area contributed by atoms with Gasteiger partial charge in [0, 0.05) is 35.3 Å². The van der Waals surface area contributed by atoms with Gasteiger partial charge in [0.1, 0.15) is 12.1 Å². The molecule has 0 bridgehead atoms. The number of para-hydroxylation sites is 1. The number of aromatic nitrogens is 2. The third-order valence-corrected chi connectivity index (χ3v) is 5.23. The van der Waals surface area contributed by atoms with Gasteiger partial charge in [0.15, 0.2) is 12.4 Å². The SMILES string of the molecule is CCCC[n+]1ccc2c3ccccc3n(CCCc3ccccc3)c2c1.[Br-]. The van der Waals surface area contributed by atoms with E-state index in [1.807, 2.05) is 0 Å². The number of aryl methyl sites for hydroxylation is 3. The van der Waals surface area contributed by atoms with Crippen molar-refractivity contribution in [2.45, 2.75) is 45.7 Å². The lowest BCUT2D eigenvalue weighted by Crippen LogP contribution is -3.00. The molecule has 0 spiro atoms. The van der Waals surface area contributed by atoms with Crippen LogP contribution in [0.25, 0.3) is 21.8 Å². The fourth-order valence-corrected chi connectivity index (χ4v) is 3.84. The molecule has 4 aromatic rings. The molecule has 0 saturated carbocycles. The second-order valence-electron chi connectivity index (χ2n) is 7.09. The fraction of sp³-hybridized carbons (Fsp3) is 0.292. The van der Waals surface area contributed by atoms with Crippen LogP contribution in [0.15, 0.2) is 73.1 Å². The molecule has 0 aliphatic heterocycles. The predicted molar refractivity (Wildman–Crippen MR) is 109 cm³/mol. The Morgan fingerprint density at radius 2 is 1.56 bits per heavy atom. The van der Waals surface area contributed by atoms with Crippen molar-refractivity contribution in [2.24, 2.45) is 0 Å². The number of fused-ring (bicyclic) bond motifs is 3. The molecule has 0 fully saturated rings. The molecule has 0 amide bonds. The van der Waals surface area contributed by atoms with E-state index in [2.05, 4.69) is 89.1 Å². The molecule has 2 heterocycles. The lowest BCUT2D eigenvalue weighted by molar-refractivity contribution is -0.696. The summed E-state index contributed by atoms with van der Waals surface area (Å²) in [5.74, 6) is 0. The number of pyridine rings is 1. The van der Waals surface area contributed by atoms with Crippen LogP contribution in [0.1, 0.15) is 31.7 Å². The first-order valence-corrected chi connectivity index (χ1v) is 9.81. The standard InChI is InChI=1S/C24H27N2.BrH/c1-2-3-16-25-18-15-22-21-13-7-8-14-23(21)26(24(22)19-25)17-9-12-20-10-5-4-6-11-20;/h4-8,10-11,13-15,18-19H,2-3,9,12,16-17H2,1H3;1H/q+1;/p-1. The maximum atomic E-state index is 2.51. The first-order chi connectivity index (χ1) is 12.9. The zero-order valence-corrected chi connectivity index (χ0v) is 17.5. The van der Waals surface area contributed by atoms with Gasteiger partial charge in [-0.05, 0) is 24.5 Å². The molecule has 0 saturated heterocycles. The molecular formula is C24H27BrN2. The lowest BCUT2D eigenvalue weighted by atomic mass is 10.1. The summed E-state index contributed by atoms with van der Waals surface area (Å²) in [5, 5.41) is 2.73. The molecule has 0 atom stereocenters. The maximum Gasteiger partial charge on any atom is 0.193 e. The quantitative estimate of drug-likeness (QED) is 0.404. The van der Waals surface area contributed by atoms with Gasteiger partial charge in [-0.1, -0.05) is 61.9 Å². The zero-order chi connectivity index (χ0) is 17.8. The van der Waals surface area contributed by atoms with Crippen LogP contribution in [-0.4, -0.2) is 4.57 Å². The molecule has 0 aliphatic rings. The zero-order valence-electron chi connectivity index (χ0n) is 15.9. The van der Waals surface area contributed by atoms with Crippen molar-refractivity contribution in [3.8, 4) is 0 Å². The van der Waals surface area contributed by atoms with Crippen molar-refractivity contribution < 1.29 is 21.5 Å². The topological polar surface area (TPSA) is 8.81 Å². The molecule has 2 aromatic heterocycles. The third-order valence-electron chi connectivity index (χ3n) is 5.23. The number of rotatable bonds is 7. The molecule has 0 N–H and O–H groups in total. The Morgan fingerprint density at radius 1 is 0.815 bits per heavy atom. The second kappa shape index (κ2) is 9.18. The first kappa shape index (κ1) is 19.6. The minimum atomic E-state index is 0. The van der Waals surface area contributed by atoms with Crippen LogP contribution in [0.2, 0.25) is 0 Å². The van der Waals surface area contributed by atoms with E-state index in [9.17, 15) is 0 Å². The summed E-state index contributed by atoms with van der Waals surface area (Å²) in [5.41, 5.74) is 4.13. The number of benzene rings is 2. The van der Waals surface area contributed by atoms with E-state index < -0.39 is 0 Å². The van der Waals surface area contributed by atoms with Crippen molar-refractivity contribution in [1.29, 1.82) is 0 Å². The van der Waals surface area contributed by atoms with Gasteiger partial charge in [0.05, 0.1) is 0 Å². The fourth-order valence-electron chi connectivity index (χ4n) is 3.84. The molecular weight excluding hydrogens is 396 g/mol. The summed E-state index contributed by atoms with van der Waals surface area (Å²) in [6.45, 7) is 4.40. The van der Waals surface area contributed by atoms with E-state index in [0.717, 1.165) is 25.9 Å². The summed E-state index contributed by atoms with van der Waals surface area (Å²) >= 11 is 0. The van der Waals surface area contributed by atoms with Crippen LogP contribution in [0.5, 0.6) is 0 Å². The molecule has 2 aromatic carbocycles.